The minimum atomic E-state index is -0.587. The first-order chi connectivity index (χ1) is 15.8. The van der Waals surface area contributed by atoms with Gasteiger partial charge in [-0.25, -0.2) is 0 Å². The van der Waals surface area contributed by atoms with E-state index in [1.165, 1.54) is 48.5 Å². The Bertz CT molecular complexity index is 1210. The predicted octanol–water partition coefficient (Wildman–Crippen LogP) is 4.78. The van der Waals surface area contributed by atoms with E-state index in [0.717, 1.165) is 35.1 Å². The van der Waals surface area contributed by atoms with Gasteiger partial charge in [-0.1, -0.05) is 36.0 Å². The molecule has 10 nitrogen and oxygen atoms in total. The van der Waals surface area contributed by atoms with Crippen molar-refractivity contribution in [2.45, 2.75) is 9.24 Å². The molecular formula is C20H12N4O6S3. The maximum Gasteiger partial charge on any atom is 0.270 e. The van der Waals surface area contributed by atoms with Crippen molar-refractivity contribution >= 4 is 58.0 Å². The van der Waals surface area contributed by atoms with E-state index in [4.69, 9.17) is 0 Å². The highest BCUT2D eigenvalue weighted by molar-refractivity contribution is 8.02. The minimum Gasteiger partial charge on any atom is -0.293 e. The van der Waals surface area contributed by atoms with Gasteiger partial charge < -0.3 is 0 Å². The summed E-state index contributed by atoms with van der Waals surface area (Å²) in [5.41, 5.74) is 0.228. The Kier molecular flexibility index (Phi) is 7.88. The second-order valence-electron chi connectivity index (χ2n) is 6.30. The first-order valence-electron chi connectivity index (χ1n) is 9.01. The number of nitriles is 1. The molecule has 0 bridgehead atoms. The van der Waals surface area contributed by atoms with Gasteiger partial charge in [0.15, 0.2) is 11.6 Å². The number of rotatable bonds is 10. The number of benzene rings is 2. The number of thioether (sulfide) groups is 2. The van der Waals surface area contributed by atoms with E-state index in [0.29, 0.717) is 9.24 Å². The average molecular weight is 501 g/mol. The van der Waals surface area contributed by atoms with Crippen LogP contribution in [0.15, 0.2) is 57.8 Å². The molecule has 166 valence electrons. The van der Waals surface area contributed by atoms with Gasteiger partial charge in [-0.3, -0.25) is 29.8 Å². The number of hydrogen-bond donors (Lipinski definition) is 0. The molecule has 0 atom stereocenters. The zero-order chi connectivity index (χ0) is 24.0. The number of nitrogens with zero attached hydrogens (tertiary/aromatic N) is 4. The van der Waals surface area contributed by atoms with Crippen LogP contribution in [-0.2, 0) is 0 Å². The topological polar surface area (TPSA) is 157 Å². The summed E-state index contributed by atoms with van der Waals surface area (Å²) in [6.45, 7) is 0. The van der Waals surface area contributed by atoms with Crippen LogP contribution in [0.2, 0.25) is 0 Å². The summed E-state index contributed by atoms with van der Waals surface area (Å²) in [5.74, 6) is -0.808. The maximum atomic E-state index is 12.4. The Morgan fingerprint density at radius 2 is 1.45 bits per heavy atom. The SMILES string of the molecule is N#Cc1c(SCC(=O)c2cccc([N+](=O)[O-])c2)nsc1SCC(=O)c1cccc([N+](=O)[O-])c1. The molecule has 13 heteroatoms. The van der Waals surface area contributed by atoms with Crippen LogP contribution in [0, 0.1) is 31.6 Å². The van der Waals surface area contributed by atoms with E-state index in [1.807, 2.05) is 6.07 Å². The van der Waals surface area contributed by atoms with Gasteiger partial charge in [-0.05, 0) is 11.5 Å². The quantitative estimate of drug-likeness (QED) is 0.164. The molecule has 0 spiro atoms. The fourth-order valence-corrected chi connectivity index (χ4v) is 5.45. The molecule has 0 saturated heterocycles. The monoisotopic (exact) mass is 500 g/mol. The minimum absolute atomic E-state index is 0.0469. The van der Waals surface area contributed by atoms with Crippen LogP contribution >= 0.6 is 35.1 Å². The average Bonchev–Trinajstić information content (AvgIpc) is 3.22. The Morgan fingerprint density at radius 3 is 1.94 bits per heavy atom. The molecule has 3 rings (SSSR count). The van der Waals surface area contributed by atoms with Gasteiger partial charge in [0.2, 0.25) is 0 Å². The van der Waals surface area contributed by atoms with E-state index >= 15 is 0 Å². The van der Waals surface area contributed by atoms with Gasteiger partial charge in [0.25, 0.3) is 11.4 Å². The number of carbonyl (C=O) groups is 2. The van der Waals surface area contributed by atoms with E-state index in [1.54, 1.807) is 0 Å². The van der Waals surface area contributed by atoms with Gasteiger partial charge in [-0.2, -0.15) is 9.64 Å². The molecule has 0 aliphatic heterocycles. The molecule has 0 radical (unpaired) electrons. The second kappa shape index (κ2) is 10.8. The lowest BCUT2D eigenvalue weighted by atomic mass is 10.1. The van der Waals surface area contributed by atoms with Crippen LogP contribution in [0.4, 0.5) is 11.4 Å². The fraction of sp³-hybridized carbons (Fsp3) is 0.100. The second-order valence-corrected chi connectivity index (χ2v) is 9.28. The van der Waals surface area contributed by atoms with Crippen molar-refractivity contribution < 1.29 is 19.4 Å². The highest BCUT2D eigenvalue weighted by atomic mass is 32.2. The molecule has 0 unspecified atom stereocenters. The summed E-state index contributed by atoms with van der Waals surface area (Å²) in [4.78, 5) is 45.4. The lowest BCUT2D eigenvalue weighted by molar-refractivity contribution is -0.385. The van der Waals surface area contributed by atoms with Crippen molar-refractivity contribution in [3.8, 4) is 6.07 Å². The molecule has 2 aromatic carbocycles. The van der Waals surface area contributed by atoms with Crippen molar-refractivity contribution in [3.05, 3.63) is 85.4 Å². The van der Waals surface area contributed by atoms with Crippen LogP contribution < -0.4 is 0 Å². The van der Waals surface area contributed by atoms with Gasteiger partial charge in [0, 0.05) is 35.4 Å². The van der Waals surface area contributed by atoms with Crippen LogP contribution in [-0.4, -0.2) is 37.3 Å². The molecule has 0 aliphatic rings. The van der Waals surface area contributed by atoms with Crippen molar-refractivity contribution in [2.75, 3.05) is 11.5 Å². The third-order valence-electron chi connectivity index (χ3n) is 4.17. The third-order valence-corrected chi connectivity index (χ3v) is 7.36. The number of Topliss-reactive ketones (excluding diaryl/α,β-unsaturated/α-hetero) is 2. The summed E-state index contributed by atoms with van der Waals surface area (Å²) in [7, 11) is 0. The van der Waals surface area contributed by atoms with E-state index in [2.05, 4.69) is 4.37 Å². The first kappa shape index (κ1) is 24.1. The van der Waals surface area contributed by atoms with Gasteiger partial charge in [0.1, 0.15) is 20.9 Å². The third kappa shape index (κ3) is 6.01. The molecule has 0 fully saturated rings. The number of hydrogen-bond acceptors (Lipinski definition) is 11. The molecular weight excluding hydrogens is 488 g/mol. The molecule has 3 aromatic rings. The molecule has 0 N–H and O–H groups in total. The van der Waals surface area contributed by atoms with Gasteiger partial charge >= 0.3 is 0 Å². The van der Waals surface area contributed by atoms with Crippen LogP contribution in [0.5, 0.6) is 0 Å². The number of aromatic nitrogens is 1. The summed E-state index contributed by atoms with van der Waals surface area (Å²) in [6, 6.07) is 12.8. The van der Waals surface area contributed by atoms with Crippen LogP contribution in [0.1, 0.15) is 26.3 Å². The Labute approximate surface area is 199 Å². The Balaban J connectivity index is 1.65. The van der Waals surface area contributed by atoms with E-state index in [-0.39, 0.29) is 51.1 Å². The van der Waals surface area contributed by atoms with Crippen LogP contribution in [0.3, 0.4) is 0 Å². The normalized spacial score (nSPS) is 10.4. The summed E-state index contributed by atoms with van der Waals surface area (Å²) >= 11 is 3.12. The van der Waals surface area contributed by atoms with Crippen molar-refractivity contribution in [1.29, 1.82) is 5.26 Å². The number of carbonyl (C=O) groups excluding carboxylic acids is 2. The predicted molar refractivity (Wildman–Crippen MR) is 123 cm³/mol. The van der Waals surface area contributed by atoms with Gasteiger partial charge in [0.05, 0.1) is 21.4 Å². The lowest BCUT2D eigenvalue weighted by Gasteiger charge is -2.02. The molecule has 1 aromatic heterocycles. The van der Waals surface area contributed by atoms with Crippen molar-refractivity contribution in [1.82, 2.24) is 4.37 Å². The molecule has 0 aliphatic carbocycles. The highest BCUT2D eigenvalue weighted by Crippen LogP contribution is 2.35. The van der Waals surface area contributed by atoms with E-state index in [9.17, 15) is 35.1 Å². The highest BCUT2D eigenvalue weighted by Gasteiger charge is 2.19. The van der Waals surface area contributed by atoms with Crippen LogP contribution in [0.25, 0.3) is 0 Å². The molecule has 33 heavy (non-hydrogen) atoms. The van der Waals surface area contributed by atoms with E-state index < -0.39 is 9.85 Å². The van der Waals surface area contributed by atoms with Crippen molar-refractivity contribution in [3.63, 3.8) is 0 Å². The first-order valence-corrected chi connectivity index (χ1v) is 11.7. The Hall–Kier alpha value is -3.60. The maximum absolute atomic E-state index is 12.4. The largest absolute Gasteiger partial charge is 0.293 e. The smallest absolute Gasteiger partial charge is 0.270 e. The number of nitro groups is 2. The number of non-ortho nitro benzene ring substituents is 2. The number of nitro benzene ring substituents is 2. The van der Waals surface area contributed by atoms with Gasteiger partial charge in [-0.15, -0.1) is 11.8 Å². The summed E-state index contributed by atoms with van der Waals surface area (Å²) in [5, 5.41) is 31.6. The summed E-state index contributed by atoms with van der Waals surface area (Å²) in [6.07, 6.45) is 0. The fourth-order valence-electron chi connectivity index (χ4n) is 2.57. The molecule has 0 saturated carbocycles. The zero-order valence-electron chi connectivity index (χ0n) is 16.5. The van der Waals surface area contributed by atoms with Crippen molar-refractivity contribution in [2.24, 2.45) is 0 Å². The number of ketones is 2. The Morgan fingerprint density at radius 1 is 0.939 bits per heavy atom. The lowest BCUT2D eigenvalue weighted by Crippen LogP contribution is -2.03. The standard InChI is InChI=1S/C20H12N4O6S3/c21-9-16-19(31-10-17(25)12-3-1-5-14(7-12)23(27)28)22-33-20(16)32-11-18(26)13-4-2-6-15(8-13)24(29)30/h1-8H,10-11H2. The molecule has 0 amide bonds. The molecule has 1 heterocycles. The summed E-state index contributed by atoms with van der Waals surface area (Å²) < 4.78 is 4.67. The zero-order valence-corrected chi connectivity index (χ0v) is 18.9.